The second-order valence-corrected chi connectivity index (χ2v) is 10.9. The van der Waals surface area contributed by atoms with Crippen LogP contribution in [0.5, 0.6) is 0 Å². The van der Waals surface area contributed by atoms with Crippen LogP contribution in [0, 0.1) is 0 Å². The minimum Gasteiger partial charge on any atom is -0.304 e. The number of carbonyl (C=O) groups excluding carboxylic acids is 4. The number of Topliss-reactive ketones (excluding diaryl/α,β-unsaturated/α-hetero) is 4. The highest BCUT2D eigenvalue weighted by Crippen LogP contribution is 2.13. The molecule has 2 rings (SSSR count). The van der Waals surface area contributed by atoms with Crippen LogP contribution in [0.3, 0.4) is 0 Å². The van der Waals surface area contributed by atoms with Crippen molar-refractivity contribution in [3.8, 4) is 0 Å². The van der Waals surface area contributed by atoms with Crippen molar-refractivity contribution >= 4 is 48.4 Å². The van der Waals surface area contributed by atoms with Gasteiger partial charge in [0.15, 0.2) is 0 Å². The number of carbonyl (C=O) groups is 4. The van der Waals surface area contributed by atoms with Crippen LogP contribution >= 0.6 is 25.3 Å². The number of benzene rings is 2. The Kier molecular flexibility index (Phi) is 91.5. The standard InChI is InChI=1S/2C11H15NOS.2C3H6O.2C3H8.2C2H6.5CH4/c2*1-8(9(2)13)12-7-10-5-3-4-6-11(10)14;2*1-3(2)4;2*1-3-2;2*1-2;;;;;/h2*3-6,8,12,14H,7H2,1-2H3;2*1-2H3;2*3H2,1-2H3;2*1-2H3;5*1H4. The van der Waals surface area contributed by atoms with E-state index in [0.29, 0.717) is 13.1 Å². The molecule has 0 aliphatic carbocycles. The molecule has 51 heavy (non-hydrogen) atoms. The summed E-state index contributed by atoms with van der Waals surface area (Å²) in [6.45, 7) is 30.9. The smallest absolute Gasteiger partial charge is 0.146 e. The molecule has 0 heterocycles. The molecule has 0 aliphatic rings. The molecule has 0 aliphatic heterocycles. The van der Waals surface area contributed by atoms with Gasteiger partial charge < -0.3 is 20.2 Å². The maximum atomic E-state index is 11.0. The average Bonchev–Trinajstić information content (AvgIpc) is 2.98. The summed E-state index contributed by atoms with van der Waals surface area (Å²) in [5.74, 6) is 0.642. The first-order valence-electron chi connectivity index (χ1n) is 16.5. The van der Waals surface area contributed by atoms with Gasteiger partial charge in [0, 0.05) is 22.9 Å². The van der Waals surface area contributed by atoms with E-state index in [1.165, 1.54) is 40.5 Å². The minimum absolute atomic E-state index is 0. The fourth-order valence-electron chi connectivity index (χ4n) is 2.13. The van der Waals surface area contributed by atoms with E-state index in [1.807, 2.05) is 90.1 Å². The predicted molar refractivity (Wildman–Crippen MR) is 242 cm³/mol. The van der Waals surface area contributed by atoms with Gasteiger partial charge in [0.05, 0.1) is 12.1 Å². The molecule has 2 aromatic carbocycles. The van der Waals surface area contributed by atoms with Crippen molar-refractivity contribution in [2.45, 2.75) is 196 Å². The number of nitrogens with one attached hydrogen (secondary N) is 2. The molecule has 0 aromatic heterocycles. The van der Waals surface area contributed by atoms with Gasteiger partial charge in [-0.2, -0.15) is 0 Å². The van der Waals surface area contributed by atoms with Crippen LogP contribution in [-0.4, -0.2) is 35.2 Å². The van der Waals surface area contributed by atoms with Gasteiger partial charge in [0.2, 0.25) is 0 Å². The molecule has 0 saturated carbocycles. The maximum absolute atomic E-state index is 11.0. The number of hydrogen-bond acceptors (Lipinski definition) is 8. The van der Waals surface area contributed by atoms with Crippen LogP contribution in [-0.2, 0) is 32.3 Å². The largest absolute Gasteiger partial charge is 0.304 e. The van der Waals surface area contributed by atoms with E-state index in [9.17, 15) is 19.2 Å². The topological polar surface area (TPSA) is 92.3 Å². The monoisotopic (exact) mass is 763 g/mol. The molecule has 0 spiro atoms. The summed E-state index contributed by atoms with van der Waals surface area (Å²) in [6, 6.07) is 15.5. The van der Waals surface area contributed by atoms with Gasteiger partial charge in [-0.25, -0.2) is 0 Å². The summed E-state index contributed by atoms with van der Waals surface area (Å²) in [6.07, 6.45) is 2.50. The quantitative estimate of drug-likeness (QED) is 0.200. The molecule has 308 valence electrons. The molecular formula is C43H90N2O4S2. The van der Waals surface area contributed by atoms with E-state index in [4.69, 9.17) is 0 Å². The van der Waals surface area contributed by atoms with Crippen LogP contribution in [0.1, 0.15) is 172 Å². The average molecular weight is 763 g/mol. The molecule has 0 amide bonds. The van der Waals surface area contributed by atoms with Crippen molar-refractivity contribution in [3.63, 3.8) is 0 Å². The van der Waals surface area contributed by atoms with Crippen molar-refractivity contribution in [1.29, 1.82) is 0 Å². The second kappa shape index (κ2) is 59.9. The van der Waals surface area contributed by atoms with E-state index >= 15 is 0 Å². The van der Waals surface area contributed by atoms with Gasteiger partial charge in [-0.1, -0.05) is 142 Å². The third-order valence-electron chi connectivity index (χ3n) is 4.40. The third kappa shape index (κ3) is 70.1. The molecule has 0 saturated heterocycles. The fourth-order valence-corrected chi connectivity index (χ4v) is 2.61. The van der Waals surface area contributed by atoms with E-state index < -0.39 is 0 Å². The van der Waals surface area contributed by atoms with Crippen LogP contribution < -0.4 is 10.6 Å². The van der Waals surface area contributed by atoms with Gasteiger partial charge in [-0.05, 0) is 78.6 Å². The summed E-state index contributed by atoms with van der Waals surface area (Å²) >= 11 is 8.65. The minimum atomic E-state index is -0.0945. The molecular weight excluding hydrogens is 673 g/mol. The molecule has 0 radical (unpaired) electrons. The molecule has 6 nitrogen and oxygen atoms in total. The highest BCUT2D eigenvalue weighted by molar-refractivity contribution is 7.80. The molecule has 2 unspecified atom stereocenters. The fraction of sp³-hybridized carbons (Fsp3) is 0.628. The normalized spacial score (nSPS) is 8.82. The lowest BCUT2D eigenvalue weighted by atomic mass is 10.2. The Balaban J connectivity index is -0.0000000448. The Morgan fingerprint density at radius 1 is 0.510 bits per heavy atom. The number of hydrogen-bond donors (Lipinski definition) is 4. The summed E-state index contributed by atoms with van der Waals surface area (Å²) < 4.78 is 0. The maximum Gasteiger partial charge on any atom is 0.146 e. The van der Waals surface area contributed by atoms with Crippen molar-refractivity contribution in [2.75, 3.05) is 0 Å². The van der Waals surface area contributed by atoms with Crippen molar-refractivity contribution in [3.05, 3.63) is 59.7 Å². The Bertz CT molecular complexity index is 912. The van der Waals surface area contributed by atoms with Crippen LogP contribution in [0.2, 0.25) is 0 Å². The Hall–Kier alpha value is -2.26. The van der Waals surface area contributed by atoms with Crippen molar-refractivity contribution in [1.82, 2.24) is 10.6 Å². The lowest BCUT2D eigenvalue weighted by Crippen LogP contribution is -2.31. The summed E-state index contributed by atoms with van der Waals surface area (Å²) in [5, 5.41) is 6.28. The van der Waals surface area contributed by atoms with E-state index in [1.54, 1.807) is 13.8 Å². The zero-order valence-electron chi connectivity index (χ0n) is 32.1. The van der Waals surface area contributed by atoms with Crippen LogP contribution in [0.4, 0.5) is 0 Å². The Labute approximate surface area is 332 Å². The van der Waals surface area contributed by atoms with Gasteiger partial charge >= 0.3 is 0 Å². The zero-order chi connectivity index (χ0) is 37.7. The lowest BCUT2D eigenvalue weighted by molar-refractivity contribution is -0.119. The first-order chi connectivity index (χ1) is 21.5. The van der Waals surface area contributed by atoms with E-state index in [0.717, 1.165) is 20.9 Å². The Morgan fingerprint density at radius 3 is 0.843 bits per heavy atom. The summed E-state index contributed by atoms with van der Waals surface area (Å²) in [5.41, 5.74) is 2.23. The predicted octanol–water partition coefficient (Wildman–Crippen LogP) is 13.3. The lowest BCUT2D eigenvalue weighted by Gasteiger charge is -2.11. The SMILES string of the molecule is C.C.C.C.C.CC.CC.CC(=O)C(C)NCc1ccccc1S.CC(=O)C(C)NCc1ccccc1S.CC(C)=O.CC(C)=O.CCC.CCC. The number of thiol groups is 2. The molecule has 2 N–H and O–H groups in total. The highest BCUT2D eigenvalue weighted by Gasteiger charge is 2.07. The summed E-state index contributed by atoms with van der Waals surface area (Å²) in [4.78, 5) is 42.7. The highest BCUT2D eigenvalue weighted by atomic mass is 32.1. The third-order valence-corrected chi connectivity index (χ3v) is 5.27. The van der Waals surface area contributed by atoms with Gasteiger partial charge in [-0.3, -0.25) is 9.59 Å². The van der Waals surface area contributed by atoms with E-state index in [2.05, 4.69) is 63.6 Å². The second-order valence-electron chi connectivity index (χ2n) is 9.91. The van der Waals surface area contributed by atoms with Gasteiger partial charge in [0.25, 0.3) is 0 Å². The first kappa shape index (κ1) is 78.0. The van der Waals surface area contributed by atoms with Gasteiger partial charge in [-0.15, -0.1) is 25.3 Å². The molecule has 2 aromatic rings. The van der Waals surface area contributed by atoms with Crippen molar-refractivity contribution in [2.24, 2.45) is 0 Å². The number of rotatable bonds is 8. The summed E-state index contributed by atoms with van der Waals surface area (Å²) in [7, 11) is 0. The first-order valence-corrected chi connectivity index (χ1v) is 17.4. The van der Waals surface area contributed by atoms with Crippen LogP contribution in [0.25, 0.3) is 0 Å². The molecule has 8 heteroatoms. The molecule has 2 atom stereocenters. The zero-order valence-corrected chi connectivity index (χ0v) is 33.9. The van der Waals surface area contributed by atoms with Crippen molar-refractivity contribution < 1.29 is 19.2 Å². The van der Waals surface area contributed by atoms with Gasteiger partial charge in [0.1, 0.15) is 23.1 Å². The van der Waals surface area contributed by atoms with Crippen LogP contribution in [0.15, 0.2) is 58.3 Å². The molecule has 0 bridgehead atoms. The number of ketones is 4. The van der Waals surface area contributed by atoms with E-state index in [-0.39, 0.29) is 72.3 Å². The Morgan fingerprint density at radius 2 is 0.686 bits per heavy atom. The molecule has 0 fully saturated rings.